The van der Waals surface area contributed by atoms with Crippen LogP contribution in [0, 0.1) is 29.1 Å². The van der Waals surface area contributed by atoms with Crippen LogP contribution in [0.2, 0.25) is 0 Å². The molecular formula is C18H8F5NO3. The van der Waals surface area contributed by atoms with Crippen molar-refractivity contribution in [3.63, 3.8) is 0 Å². The van der Waals surface area contributed by atoms with Gasteiger partial charge in [-0.2, -0.15) is 0 Å². The zero-order valence-electron chi connectivity index (χ0n) is 13.2. The van der Waals surface area contributed by atoms with Crippen molar-refractivity contribution in [2.75, 3.05) is 0 Å². The van der Waals surface area contributed by atoms with Gasteiger partial charge in [-0.05, 0) is 12.1 Å². The summed E-state index contributed by atoms with van der Waals surface area (Å²) in [5.41, 5.74) is -1.36. The summed E-state index contributed by atoms with van der Waals surface area (Å²) in [6.45, 7) is 0. The predicted molar refractivity (Wildman–Crippen MR) is 82.4 cm³/mol. The molecule has 27 heavy (non-hydrogen) atoms. The Labute approximate surface area is 148 Å². The van der Waals surface area contributed by atoms with Crippen LogP contribution in [-0.2, 0) is 4.84 Å². The van der Waals surface area contributed by atoms with Crippen LogP contribution >= 0.6 is 0 Å². The van der Waals surface area contributed by atoms with E-state index >= 15 is 0 Å². The van der Waals surface area contributed by atoms with Crippen molar-refractivity contribution >= 4 is 11.7 Å². The Morgan fingerprint density at radius 1 is 0.815 bits per heavy atom. The molecule has 0 radical (unpaired) electrons. The lowest BCUT2D eigenvalue weighted by atomic mass is 10.1. The van der Waals surface area contributed by atoms with Crippen molar-refractivity contribution in [3.05, 3.63) is 94.7 Å². The van der Waals surface area contributed by atoms with Gasteiger partial charge >= 0.3 is 5.97 Å². The van der Waals surface area contributed by atoms with Gasteiger partial charge in [-0.15, -0.1) is 0 Å². The Balaban J connectivity index is 2.00. The highest BCUT2D eigenvalue weighted by atomic mass is 19.2. The van der Waals surface area contributed by atoms with Crippen molar-refractivity contribution < 1.29 is 36.0 Å². The lowest BCUT2D eigenvalue weighted by Gasteiger charge is -2.07. The van der Waals surface area contributed by atoms with Crippen LogP contribution < -0.4 is 0 Å². The van der Waals surface area contributed by atoms with E-state index in [9.17, 15) is 26.7 Å². The normalized spacial score (nSPS) is 11.5. The SMILES string of the molecule is O=C(O/N=C(/c1ccccc1)c1ccco1)c1c(F)c(F)c(F)c(F)c1F. The molecule has 0 N–H and O–H groups in total. The fourth-order valence-electron chi connectivity index (χ4n) is 2.17. The van der Waals surface area contributed by atoms with Crippen molar-refractivity contribution in [2.24, 2.45) is 5.16 Å². The van der Waals surface area contributed by atoms with E-state index in [2.05, 4.69) is 9.99 Å². The number of carbonyl (C=O) groups excluding carboxylic acids is 1. The molecular weight excluding hydrogens is 373 g/mol. The Hall–Kier alpha value is -3.49. The van der Waals surface area contributed by atoms with E-state index in [0.29, 0.717) is 5.56 Å². The number of hydrogen-bond acceptors (Lipinski definition) is 4. The highest BCUT2D eigenvalue weighted by molar-refractivity contribution is 6.11. The minimum absolute atomic E-state index is 0.0298. The molecule has 0 aliphatic carbocycles. The second-order valence-electron chi connectivity index (χ2n) is 5.11. The van der Waals surface area contributed by atoms with E-state index in [0.717, 1.165) is 0 Å². The minimum atomic E-state index is -2.38. The Morgan fingerprint density at radius 3 is 1.96 bits per heavy atom. The van der Waals surface area contributed by atoms with E-state index < -0.39 is 40.6 Å². The van der Waals surface area contributed by atoms with Gasteiger partial charge in [0.15, 0.2) is 34.7 Å². The molecule has 0 aliphatic rings. The second-order valence-corrected chi connectivity index (χ2v) is 5.11. The second kappa shape index (κ2) is 7.40. The number of hydrogen-bond donors (Lipinski definition) is 0. The molecule has 0 bridgehead atoms. The summed E-state index contributed by atoms with van der Waals surface area (Å²) in [6, 6.07) is 11.1. The molecule has 0 fully saturated rings. The van der Waals surface area contributed by atoms with Gasteiger partial charge in [0.25, 0.3) is 0 Å². The topological polar surface area (TPSA) is 51.8 Å². The number of benzene rings is 2. The first-order chi connectivity index (χ1) is 12.9. The van der Waals surface area contributed by atoms with Crippen LogP contribution in [0.25, 0.3) is 0 Å². The van der Waals surface area contributed by atoms with Crippen LogP contribution in [0.15, 0.2) is 58.3 Å². The zero-order chi connectivity index (χ0) is 19.6. The molecule has 2 aromatic carbocycles. The largest absolute Gasteiger partial charge is 0.463 e. The number of oxime groups is 1. The first kappa shape index (κ1) is 18.3. The monoisotopic (exact) mass is 381 g/mol. The zero-order valence-corrected chi connectivity index (χ0v) is 13.2. The van der Waals surface area contributed by atoms with Gasteiger partial charge in [-0.3, -0.25) is 0 Å². The Kier molecular flexibility index (Phi) is 5.02. The first-order valence-electron chi connectivity index (χ1n) is 7.32. The molecule has 9 heteroatoms. The summed E-state index contributed by atoms with van der Waals surface area (Å²) in [5.74, 6) is -13.3. The average molecular weight is 381 g/mol. The number of nitrogens with zero attached hydrogens (tertiary/aromatic N) is 1. The standard InChI is InChI=1S/C18H8F5NO3/c19-12-11(13(20)15(22)16(23)14(12)21)18(25)27-24-17(10-7-4-8-26-10)9-5-2-1-3-6-9/h1-8H/b24-17-. The summed E-state index contributed by atoms with van der Waals surface area (Å²) in [6.07, 6.45) is 1.31. The summed E-state index contributed by atoms with van der Waals surface area (Å²) < 4.78 is 72.0. The van der Waals surface area contributed by atoms with Gasteiger partial charge in [-0.25, -0.2) is 26.7 Å². The highest BCUT2D eigenvalue weighted by Crippen LogP contribution is 2.24. The predicted octanol–water partition coefficient (Wildman–Crippen LogP) is 4.58. The van der Waals surface area contributed by atoms with Gasteiger partial charge in [0.05, 0.1) is 6.26 Å². The molecule has 0 spiro atoms. The Morgan fingerprint density at radius 2 is 1.41 bits per heavy atom. The van der Waals surface area contributed by atoms with Gasteiger partial charge in [0, 0.05) is 5.56 Å². The molecule has 3 rings (SSSR count). The number of furan rings is 1. The molecule has 0 saturated heterocycles. The van der Waals surface area contributed by atoms with Crippen molar-refractivity contribution in [3.8, 4) is 0 Å². The molecule has 4 nitrogen and oxygen atoms in total. The maximum atomic E-state index is 13.7. The molecule has 1 heterocycles. The Bertz CT molecular complexity index is 988. The van der Waals surface area contributed by atoms with E-state index in [1.807, 2.05) is 0 Å². The smallest absolute Gasteiger partial charge is 0.371 e. The molecule has 0 amide bonds. The molecule has 0 aliphatic heterocycles. The van der Waals surface area contributed by atoms with E-state index in [4.69, 9.17) is 4.42 Å². The van der Waals surface area contributed by atoms with Crippen LogP contribution in [0.1, 0.15) is 21.7 Å². The van der Waals surface area contributed by atoms with E-state index in [1.54, 1.807) is 30.3 Å². The van der Waals surface area contributed by atoms with Crippen LogP contribution in [0.3, 0.4) is 0 Å². The number of carbonyl (C=O) groups is 1. The van der Waals surface area contributed by atoms with Gasteiger partial charge in [0.2, 0.25) is 5.82 Å². The maximum absolute atomic E-state index is 13.7. The first-order valence-corrected chi connectivity index (χ1v) is 7.32. The lowest BCUT2D eigenvalue weighted by molar-refractivity contribution is 0.0501. The van der Waals surface area contributed by atoms with Crippen LogP contribution in [0.4, 0.5) is 22.0 Å². The third kappa shape index (κ3) is 3.43. The fraction of sp³-hybridized carbons (Fsp3) is 0. The number of rotatable bonds is 4. The van der Waals surface area contributed by atoms with E-state index in [-0.39, 0.29) is 11.5 Å². The minimum Gasteiger partial charge on any atom is -0.463 e. The lowest BCUT2D eigenvalue weighted by Crippen LogP contribution is -2.14. The van der Waals surface area contributed by atoms with E-state index in [1.165, 1.54) is 18.4 Å². The third-order valence-electron chi connectivity index (χ3n) is 3.44. The quantitative estimate of drug-likeness (QED) is 0.166. The van der Waals surface area contributed by atoms with Crippen molar-refractivity contribution in [1.29, 1.82) is 0 Å². The average Bonchev–Trinajstić information content (AvgIpc) is 3.20. The third-order valence-corrected chi connectivity index (χ3v) is 3.44. The van der Waals surface area contributed by atoms with Gasteiger partial charge < -0.3 is 9.25 Å². The summed E-state index contributed by atoms with van der Waals surface area (Å²) >= 11 is 0. The molecule has 0 saturated carbocycles. The van der Waals surface area contributed by atoms with Crippen LogP contribution in [-0.4, -0.2) is 11.7 Å². The molecule has 1 aromatic heterocycles. The van der Waals surface area contributed by atoms with Crippen LogP contribution in [0.5, 0.6) is 0 Å². The highest BCUT2D eigenvalue weighted by Gasteiger charge is 2.31. The molecule has 0 unspecified atom stereocenters. The molecule has 3 aromatic rings. The number of halogens is 5. The molecule has 138 valence electrons. The maximum Gasteiger partial charge on any atom is 0.371 e. The summed E-state index contributed by atoms with van der Waals surface area (Å²) in [5, 5.41) is 3.48. The van der Waals surface area contributed by atoms with Gasteiger partial charge in [0.1, 0.15) is 5.56 Å². The van der Waals surface area contributed by atoms with Crippen molar-refractivity contribution in [2.45, 2.75) is 0 Å². The van der Waals surface area contributed by atoms with Gasteiger partial charge in [-0.1, -0.05) is 35.5 Å². The molecule has 0 atom stereocenters. The summed E-state index contributed by atoms with van der Waals surface area (Å²) in [7, 11) is 0. The fourth-order valence-corrected chi connectivity index (χ4v) is 2.17. The van der Waals surface area contributed by atoms with Crippen molar-refractivity contribution in [1.82, 2.24) is 0 Å². The summed E-state index contributed by atoms with van der Waals surface area (Å²) in [4.78, 5) is 16.3.